The predicted octanol–water partition coefficient (Wildman–Crippen LogP) is 3.51. The maximum absolute atomic E-state index is 13.7. The fraction of sp³-hybridized carbons (Fsp3) is 0.448. The molecule has 1 amide bonds. The van der Waals surface area contributed by atoms with E-state index >= 15 is 0 Å². The molecule has 5 rings (SSSR count). The number of carbonyl (C=O) groups is 3. The third-order valence-corrected chi connectivity index (χ3v) is 8.48. The van der Waals surface area contributed by atoms with E-state index in [1.54, 1.807) is 12.1 Å². The summed E-state index contributed by atoms with van der Waals surface area (Å²) in [4.78, 5) is 42.8. The second-order valence-corrected chi connectivity index (χ2v) is 10.8. The first-order valence-corrected chi connectivity index (χ1v) is 12.9. The second-order valence-electron chi connectivity index (χ2n) is 10.8. The standard InChI is InChI=1S/C29H34N4O3/c1-19(34)21-8-6-20(7-9-21)16-25(35)26-24-5-3-2-4-22(24)10-13-33(26)27(36)23-17-29(18-23)11-14-32(15-12-29)28(30)31/h2-9,23,26H,10-18H2,1H3,(H3,30,31)/t26-/m1/s1. The highest BCUT2D eigenvalue weighted by Crippen LogP contribution is 2.53. The number of likely N-dealkylation sites (tertiary alicyclic amines) is 1. The number of carbonyl (C=O) groups excluding carboxylic acids is 3. The van der Waals surface area contributed by atoms with Crippen LogP contribution >= 0.6 is 0 Å². The smallest absolute Gasteiger partial charge is 0.226 e. The lowest BCUT2D eigenvalue weighted by molar-refractivity contribution is -0.151. The quantitative estimate of drug-likeness (QED) is 0.382. The first-order chi connectivity index (χ1) is 17.3. The van der Waals surface area contributed by atoms with E-state index in [4.69, 9.17) is 11.1 Å². The van der Waals surface area contributed by atoms with Gasteiger partial charge in [0.05, 0.1) is 0 Å². The highest BCUT2D eigenvalue weighted by atomic mass is 16.2. The van der Waals surface area contributed by atoms with Crippen molar-refractivity contribution < 1.29 is 14.4 Å². The van der Waals surface area contributed by atoms with Crippen LogP contribution in [0.3, 0.4) is 0 Å². The Labute approximate surface area is 212 Å². The number of Topliss-reactive ketones (excluding diaryl/α,β-unsaturated/α-hetero) is 2. The number of nitrogens with one attached hydrogen (secondary N) is 1. The topological polar surface area (TPSA) is 108 Å². The van der Waals surface area contributed by atoms with Crippen molar-refractivity contribution in [2.45, 2.75) is 51.5 Å². The second kappa shape index (κ2) is 9.52. The Morgan fingerprint density at radius 1 is 1.00 bits per heavy atom. The van der Waals surface area contributed by atoms with Crippen LogP contribution in [0.1, 0.15) is 65.7 Å². The van der Waals surface area contributed by atoms with Gasteiger partial charge in [0.2, 0.25) is 5.91 Å². The van der Waals surface area contributed by atoms with Gasteiger partial charge in [-0.1, -0.05) is 48.5 Å². The molecule has 1 aliphatic carbocycles. The van der Waals surface area contributed by atoms with Crippen LogP contribution in [0.25, 0.3) is 0 Å². The molecule has 0 aromatic heterocycles. The van der Waals surface area contributed by atoms with Gasteiger partial charge in [-0.3, -0.25) is 19.8 Å². The number of hydrogen-bond donors (Lipinski definition) is 2. The Balaban J connectivity index is 1.32. The first-order valence-electron chi connectivity index (χ1n) is 12.9. The van der Waals surface area contributed by atoms with Crippen LogP contribution in [0.4, 0.5) is 0 Å². The van der Waals surface area contributed by atoms with Crippen LogP contribution < -0.4 is 5.73 Å². The highest BCUT2D eigenvalue weighted by molar-refractivity contribution is 5.95. The molecular weight excluding hydrogens is 452 g/mol. The molecule has 2 aliphatic heterocycles. The lowest BCUT2D eigenvalue weighted by Gasteiger charge is -2.53. The minimum atomic E-state index is -0.578. The van der Waals surface area contributed by atoms with Crippen molar-refractivity contribution in [2.75, 3.05) is 19.6 Å². The van der Waals surface area contributed by atoms with E-state index < -0.39 is 6.04 Å². The summed E-state index contributed by atoms with van der Waals surface area (Å²) in [7, 11) is 0. The summed E-state index contributed by atoms with van der Waals surface area (Å²) < 4.78 is 0. The van der Waals surface area contributed by atoms with E-state index in [0.717, 1.165) is 61.9 Å². The number of nitrogens with zero attached hydrogens (tertiary/aromatic N) is 2. The van der Waals surface area contributed by atoms with Gasteiger partial charge >= 0.3 is 0 Å². The molecule has 3 aliphatic rings. The van der Waals surface area contributed by atoms with Crippen molar-refractivity contribution in [2.24, 2.45) is 17.1 Å². The van der Waals surface area contributed by atoms with Gasteiger partial charge in [-0.15, -0.1) is 0 Å². The maximum Gasteiger partial charge on any atom is 0.226 e. The summed E-state index contributed by atoms with van der Waals surface area (Å²) in [6, 6.07) is 14.6. The summed E-state index contributed by atoms with van der Waals surface area (Å²) in [5.41, 5.74) is 9.35. The van der Waals surface area contributed by atoms with Crippen molar-refractivity contribution in [3.63, 3.8) is 0 Å². The molecule has 1 spiro atoms. The molecule has 0 bridgehead atoms. The van der Waals surface area contributed by atoms with E-state index in [-0.39, 0.29) is 41.2 Å². The Bertz CT molecular complexity index is 1190. The molecule has 36 heavy (non-hydrogen) atoms. The van der Waals surface area contributed by atoms with Gasteiger partial charge in [0.15, 0.2) is 17.5 Å². The molecule has 7 nitrogen and oxygen atoms in total. The zero-order valence-electron chi connectivity index (χ0n) is 20.8. The number of hydrogen-bond acceptors (Lipinski definition) is 4. The number of rotatable bonds is 5. The van der Waals surface area contributed by atoms with Gasteiger partial charge in [0, 0.05) is 37.5 Å². The summed E-state index contributed by atoms with van der Waals surface area (Å²) in [6.07, 6.45) is 4.59. The number of piperidine rings is 1. The predicted molar refractivity (Wildman–Crippen MR) is 138 cm³/mol. The first kappa shape index (κ1) is 24.2. The normalized spacial score (nSPS) is 21.0. The zero-order chi connectivity index (χ0) is 25.4. The summed E-state index contributed by atoms with van der Waals surface area (Å²) >= 11 is 0. The molecule has 7 heteroatoms. The van der Waals surface area contributed by atoms with Gasteiger partial charge in [0.25, 0.3) is 0 Å². The lowest BCUT2D eigenvalue weighted by atomic mass is 9.57. The van der Waals surface area contributed by atoms with Crippen molar-refractivity contribution in [1.29, 1.82) is 5.41 Å². The zero-order valence-corrected chi connectivity index (χ0v) is 20.8. The number of nitrogens with two attached hydrogens (primary N) is 1. The van der Waals surface area contributed by atoms with Gasteiger partial charge in [-0.05, 0) is 61.1 Å². The third kappa shape index (κ3) is 4.54. The lowest BCUT2D eigenvalue weighted by Crippen LogP contribution is -2.55. The molecule has 0 unspecified atom stereocenters. The SMILES string of the molecule is CC(=O)c1ccc(CC(=O)[C@H]2c3ccccc3CCN2C(=O)C2CC3(CCN(C(=N)N)CC3)C2)cc1. The van der Waals surface area contributed by atoms with Crippen LogP contribution in [-0.4, -0.2) is 52.9 Å². The molecule has 2 fully saturated rings. The molecule has 2 aromatic rings. The number of ketones is 2. The van der Waals surface area contributed by atoms with E-state index in [9.17, 15) is 14.4 Å². The van der Waals surface area contributed by atoms with E-state index in [1.165, 1.54) is 6.92 Å². The molecule has 1 atom stereocenters. The van der Waals surface area contributed by atoms with Crippen molar-refractivity contribution >= 4 is 23.4 Å². The van der Waals surface area contributed by atoms with Crippen LogP contribution in [0.2, 0.25) is 0 Å². The molecule has 2 aromatic carbocycles. The molecule has 1 saturated carbocycles. The van der Waals surface area contributed by atoms with E-state index in [0.29, 0.717) is 12.1 Å². The summed E-state index contributed by atoms with van der Waals surface area (Å²) in [5.74, 6) is 0.172. The molecule has 1 saturated heterocycles. The van der Waals surface area contributed by atoms with Crippen molar-refractivity contribution in [1.82, 2.24) is 9.80 Å². The van der Waals surface area contributed by atoms with Gasteiger partial charge in [-0.2, -0.15) is 0 Å². The Kier molecular flexibility index (Phi) is 6.41. The molecular formula is C29H34N4O3. The Morgan fingerprint density at radius 2 is 1.67 bits per heavy atom. The van der Waals surface area contributed by atoms with Crippen molar-refractivity contribution in [3.8, 4) is 0 Å². The van der Waals surface area contributed by atoms with Crippen LogP contribution in [0.15, 0.2) is 48.5 Å². The monoisotopic (exact) mass is 486 g/mol. The molecule has 0 radical (unpaired) electrons. The highest BCUT2D eigenvalue weighted by Gasteiger charge is 2.51. The average molecular weight is 487 g/mol. The molecule has 188 valence electrons. The molecule has 3 N–H and O–H groups in total. The number of benzene rings is 2. The van der Waals surface area contributed by atoms with Gasteiger partial charge in [-0.25, -0.2) is 0 Å². The Morgan fingerprint density at radius 3 is 2.31 bits per heavy atom. The largest absolute Gasteiger partial charge is 0.370 e. The molecule has 2 heterocycles. The average Bonchev–Trinajstić information content (AvgIpc) is 2.86. The van der Waals surface area contributed by atoms with Crippen LogP contribution in [0.5, 0.6) is 0 Å². The van der Waals surface area contributed by atoms with E-state index in [1.807, 2.05) is 40.1 Å². The van der Waals surface area contributed by atoms with Crippen LogP contribution in [-0.2, 0) is 22.4 Å². The minimum Gasteiger partial charge on any atom is -0.370 e. The van der Waals surface area contributed by atoms with Crippen LogP contribution in [0, 0.1) is 16.7 Å². The third-order valence-electron chi connectivity index (χ3n) is 8.48. The summed E-state index contributed by atoms with van der Waals surface area (Å²) in [6.45, 7) is 3.63. The fourth-order valence-corrected chi connectivity index (χ4v) is 6.33. The number of amides is 1. The Hall–Kier alpha value is -3.48. The van der Waals surface area contributed by atoms with Gasteiger partial charge in [0.1, 0.15) is 6.04 Å². The van der Waals surface area contributed by atoms with E-state index in [2.05, 4.69) is 6.07 Å². The number of guanidine groups is 1. The maximum atomic E-state index is 13.7. The van der Waals surface area contributed by atoms with Crippen molar-refractivity contribution in [3.05, 3.63) is 70.8 Å². The minimum absolute atomic E-state index is 0.00362. The van der Waals surface area contributed by atoms with Gasteiger partial charge < -0.3 is 15.5 Å². The number of fused-ring (bicyclic) bond motifs is 1. The summed E-state index contributed by atoms with van der Waals surface area (Å²) in [5, 5.41) is 7.66. The fourth-order valence-electron chi connectivity index (χ4n) is 6.33.